The summed E-state index contributed by atoms with van der Waals surface area (Å²) in [6.45, 7) is 13.6. The standard InChI is InChI=1S/C23H26N2O2.2C22H24N2O2/c1-4-18-20(5-2)24-22(19-13-9-10-14-21(19)27-3)25(23(18)26)16-15-17-11-7-6-8-12-17;1-4-18-16(2)23-21(19-12-8-9-13-20(19)26-3)24(22(18)25)15-14-17-10-6-5-7-11-17;1-3-17-19(4-2)23-21(18-12-8-9-13-20(18)25)24(22(17)26)15-14-16-10-6-5-7-11-16/h6-14H,4-5,15-16H2,1-3H3;5-13H,4,14-15H2,1-3H3;5-13,25H,3-4,14-15H2,1-2H3. The van der Waals surface area contributed by atoms with Crippen molar-refractivity contribution in [3.05, 3.63) is 245 Å². The van der Waals surface area contributed by atoms with E-state index in [4.69, 9.17) is 24.4 Å². The number of ether oxygens (including phenoxy) is 2. The number of methoxy groups -OCH3 is 2. The maximum Gasteiger partial charge on any atom is 0.257 e. The van der Waals surface area contributed by atoms with Crippen molar-refractivity contribution in [2.45, 2.75) is 113 Å². The normalized spacial score (nSPS) is 10.8. The number of phenolic OH excluding ortho intramolecular Hbond substituents is 1. The lowest BCUT2D eigenvalue weighted by Gasteiger charge is -2.18. The van der Waals surface area contributed by atoms with Crippen LogP contribution in [0.4, 0.5) is 0 Å². The van der Waals surface area contributed by atoms with Crippen LogP contribution >= 0.6 is 0 Å². The maximum atomic E-state index is 13.3. The zero-order valence-electron chi connectivity index (χ0n) is 47.0. The van der Waals surface area contributed by atoms with Crippen molar-refractivity contribution in [1.82, 2.24) is 28.7 Å². The first-order valence-electron chi connectivity index (χ1n) is 27.5. The van der Waals surface area contributed by atoms with Crippen molar-refractivity contribution in [2.24, 2.45) is 0 Å². The average molecular weight is 1060 g/mol. The summed E-state index contributed by atoms with van der Waals surface area (Å²) in [6.07, 6.45) is 5.73. The lowest BCUT2D eigenvalue weighted by Crippen LogP contribution is -2.29. The highest BCUT2D eigenvalue weighted by molar-refractivity contribution is 5.66. The smallest absolute Gasteiger partial charge is 0.257 e. The van der Waals surface area contributed by atoms with Gasteiger partial charge in [0, 0.05) is 42.0 Å². The van der Waals surface area contributed by atoms with Crippen LogP contribution in [-0.4, -0.2) is 48.0 Å². The van der Waals surface area contributed by atoms with Gasteiger partial charge in [-0.1, -0.05) is 162 Å². The Labute approximate surface area is 464 Å². The van der Waals surface area contributed by atoms with Crippen LogP contribution in [0.1, 0.15) is 85.1 Å². The molecule has 0 radical (unpaired) electrons. The SMILES string of the molecule is CCc1c(C)nc(-c2ccccc2OC)n(CCc2ccccc2)c1=O.CCc1nc(-c2ccccc2O)n(CCc2ccccc2)c(=O)c1CC.CCc1nc(-c2ccccc2OC)n(CCc2ccccc2)c(=O)c1CC. The predicted molar refractivity (Wildman–Crippen MR) is 319 cm³/mol. The first-order chi connectivity index (χ1) is 38.5. The molecule has 408 valence electrons. The topological polar surface area (TPSA) is 143 Å². The zero-order valence-corrected chi connectivity index (χ0v) is 47.0. The van der Waals surface area contributed by atoms with E-state index in [2.05, 4.69) is 36.4 Å². The summed E-state index contributed by atoms with van der Waals surface area (Å²) in [5.41, 5.74) is 10.8. The highest BCUT2D eigenvalue weighted by Gasteiger charge is 2.21. The molecule has 0 atom stereocenters. The fourth-order valence-corrected chi connectivity index (χ4v) is 9.90. The first-order valence-corrected chi connectivity index (χ1v) is 27.5. The minimum absolute atomic E-state index is 0.00599. The second kappa shape index (κ2) is 28.7. The van der Waals surface area contributed by atoms with Crippen molar-refractivity contribution in [3.63, 3.8) is 0 Å². The second-order valence-electron chi connectivity index (χ2n) is 19.0. The molecule has 0 aliphatic heterocycles. The van der Waals surface area contributed by atoms with Crippen molar-refractivity contribution in [2.75, 3.05) is 14.2 Å². The minimum Gasteiger partial charge on any atom is -0.507 e. The average Bonchev–Trinajstić information content (AvgIpc) is 3.64. The van der Waals surface area contributed by atoms with Gasteiger partial charge in [0.25, 0.3) is 16.7 Å². The fourth-order valence-electron chi connectivity index (χ4n) is 9.90. The summed E-state index contributed by atoms with van der Waals surface area (Å²) in [6, 6.07) is 53.0. The van der Waals surface area contributed by atoms with Gasteiger partial charge in [0.1, 0.15) is 34.7 Å². The second-order valence-corrected chi connectivity index (χ2v) is 19.0. The van der Waals surface area contributed by atoms with Crippen LogP contribution in [0.25, 0.3) is 34.2 Å². The molecule has 9 aromatic rings. The zero-order chi connectivity index (χ0) is 56.3. The molecule has 6 aromatic carbocycles. The third-order valence-corrected chi connectivity index (χ3v) is 14.1. The van der Waals surface area contributed by atoms with Gasteiger partial charge in [0.15, 0.2) is 0 Å². The fraction of sp³-hybridized carbons (Fsp3) is 0.284. The van der Waals surface area contributed by atoms with Gasteiger partial charge in [-0.2, -0.15) is 0 Å². The summed E-state index contributed by atoms with van der Waals surface area (Å²) < 4.78 is 16.3. The van der Waals surface area contributed by atoms with Crippen LogP contribution in [0.5, 0.6) is 17.2 Å². The Hall–Kier alpha value is -8.64. The summed E-state index contributed by atoms with van der Waals surface area (Å²) in [5, 5.41) is 10.3. The van der Waals surface area contributed by atoms with Crippen LogP contribution in [0.3, 0.4) is 0 Å². The van der Waals surface area contributed by atoms with E-state index in [9.17, 15) is 19.5 Å². The van der Waals surface area contributed by atoms with E-state index in [1.54, 1.807) is 41.6 Å². The largest absolute Gasteiger partial charge is 0.507 e. The van der Waals surface area contributed by atoms with Gasteiger partial charge in [-0.3, -0.25) is 28.1 Å². The number of para-hydroxylation sites is 3. The molecule has 79 heavy (non-hydrogen) atoms. The first kappa shape index (κ1) is 58.1. The Morgan fingerprint density at radius 2 is 0.709 bits per heavy atom. The molecule has 0 unspecified atom stereocenters. The molecular weight excluding hydrogens is 985 g/mol. The molecule has 3 heterocycles. The van der Waals surface area contributed by atoms with Gasteiger partial charge in [-0.25, -0.2) is 15.0 Å². The van der Waals surface area contributed by atoms with Gasteiger partial charge in [0.2, 0.25) is 0 Å². The van der Waals surface area contributed by atoms with Crippen LogP contribution in [0.2, 0.25) is 0 Å². The minimum atomic E-state index is -0.00599. The van der Waals surface area contributed by atoms with Crippen molar-refractivity contribution >= 4 is 0 Å². The monoisotopic (exact) mass is 1060 g/mol. The van der Waals surface area contributed by atoms with Crippen LogP contribution in [0, 0.1) is 6.92 Å². The number of nitrogens with zero attached hydrogens (tertiary/aromatic N) is 6. The highest BCUT2D eigenvalue weighted by atomic mass is 16.5. The van der Waals surface area contributed by atoms with E-state index in [0.29, 0.717) is 68.4 Å². The number of aromatic hydroxyl groups is 1. The number of hydrogen-bond donors (Lipinski definition) is 1. The quantitative estimate of drug-likeness (QED) is 0.0837. The third kappa shape index (κ3) is 14.1. The van der Waals surface area contributed by atoms with Crippen molar-refractivity contribution in [1.29, 1.82) is 0 Å². The van der Waals surface area contributed by atoms with Crippen LogP contribution in [0.15, 0.2) is 178 Å². The Morgan fingerprint density at radius 3 is 1.06 bits per heavy atom. The Kier molecular flexibility index (Phi) is 21.1. The Bertz CT molecular complexity index is 3610. The van der Waals surface area contributed by atoms with Gasteiger partial charge in [0.05, 0.1) is 42.3 Å². The Balaban J connectivity index is 0.000000172. The van der Waals surface area contributed by atoms with E-state index in [1.807, 2.05) is 155 Å². The summed E-state index contributed by atoms with van der Waals surface area (Å²) in [4.78, 5) is 54.0. The molecule has 0 aliphatic rings. The number of rotatable bonds is 19. The molecule has 12 heteroatoms. The van der Waals surface area contributed by atoms with E-state index in [0.717, 1.165) is 82.1 Å². The molecule has 0 fully saturated rings. The number of aromatic nitrogens is 6. The van der Waals surface area contributed by atoms with Gasteiger partial charge < -0.3 is 14.6 Å². The molecule has 0 saturated carbocycles. The molecule has 0 aliphatic carbocycles. The molecule has 0 bridgehead atoms. The van der Waals surface area contributed by atoms with E-state index in [-0.39, 0.29) is 22.4 Å². The molecule has 0 saturated heterocycles. The molecule has 0 spiro atoms. The van der Waals surface area contributed by atoms with Gasteiger partial charge in [-0.05, 0) is 111 Å². The molecule has 9 rings (SSSR count). The number of phenols is 1. The van der Waals surface area contributed by atoms with Gasteiger partial charge >= 0.3 is 0 Å². The van der Waals surface area contributed by atoms with Gasteiger partial charge in [-0.15, -0.1) is 0 Å². The highest BCUT2D eigenvalue weighted by Crippen LogP contribution is 2.31. The maximum absolute atomic E-state index is 13.3. The number of hydrogen-bond acceptors (Lipinski definition) is 9. The van der Waals surface area contributed by atoms with Crippen LogP contribution < -0.4 is 26.2 Å². The third-order valence-electron chi connectivity index (χ3n) is 14.1. The van der Waals surface area contributed by atoms with E-state index in [1.165, 1.54) is 16.7 Å². The molecule has 0 amide bonds. The lowest BCUT2D eigenvalue weighted by molar-refractivity contribution is 0.415. The van der Waals surface area contributed by atoms with Crippen LogP contribution in [-0.2, 0) is 71.0 Å². The number of aryl methyl sites for hydroxylation is 6. The van der Waals surface area contributed by atoms with E-state index < -0.39 is 0 Å². The molecule has 1 N–H and O–H groups in total. The molecule has 12 nitrogen and oxygen atoms in total. The molecular formula is C67H74N6O6. The summed E-state index contributed by atoms with van der Waals surface area (Å²) in [7, 11) is 3.28. The predicted octanol–water partition coefficient (Wildman–Crippen LogP) is 12.3. The number of benzene rings is 6. The Morgan fingerprint density at radius 1 is 0.392 bits per heavy atom. The summed E-state index contributed by atoms with van der Waals surface area (Å²) in [5.74, 6) is 3.47. The lowest BCUT2D eigenvalue weighted by atomic mass is 10.1. The summed E-state index contributed by atoms with van der Waals surface area (Å²) >= 11 is 0. The molecule has 3 aromatic heterocycles. The van der Waals surface area contributed by atoms with Crippen molar-refractivity contribution < 1.29 is 14.6 Å². The van der Waals surface area contributed by atoms with E-state index >= 15 is 0 Å². The van der Waals surface area contributed by atoms with Crippen molar-refractivity contribution in [3.8, 4) is 51.4 Å².